The molecule has 0 radical (unpaired) electrons. The minimum atomic E-state index is -0.278. The standard InChI is InChI=1S/C12H14BrFN4/c1-18-5-4-9(17-18)7-12(16-15)10-3-2-8(14)6-11(10)13/h2-6,12,16H,7,15H2,1H3. The molecule has 1 heterocycles. The summed E-state index contributed by atoms with van der Waals surface area (Å²) in [6.45, 7) is 0. The normalized spacial score (nSPS) is 12.7. The van der Waals surface area contributed by atoms with Crippen molar-refractivity contribution in [3.05, 3.63) is 52.0 Å². The number of nitrogens with one attached hydrogen (secondary N) is 1. The monoisotopic (exact) mass is 312 g/mol. The topological polar surface area (TPSA) is 55.9 Å². The van der Waals surface area contributed by atoms with E-state index in [1.165, 1.54) is 12.1 Å². The van der Waals surface area contributed by atoms with Crippen molar-refractivity contribution in [2.24, 2.45) is 12.9 Å². The van der Waals surface area contributed by atoms with E-state index in [0.717, 1.165) is 11.3 Å². The maximum atomic E-state index is 13.0. The molecule has 0 saturated heterocycles. The molecular formula is C12H14BrFN4. The van der Waals surface area contributed by atoms with E-state index >= 15 is 0 Å². The van der Waals surface area contributed by atoms with Crippen LogP contribution in [-0.4, -0.2) is 9.78 Å². The Bertz CT molecular complexity index is 541. The first-order valence-electron chi connectivity index (χ1n) is 5.49. The van der Waals surface area contributed by atoms with Crippen molar-refractivity contribution >= 4 is 15.9 Å². The largest absolute Gasteiger partial charge is 0.276 e. The van der Waals surface area contributed by atoms with Gasteiger partial charge in [0.25, 0.3) is 0 Å². The summed E-state index contributed by atoms with van der Waals surface area (Å²) in [5.74, 6) is 5.29. The van der Waals surface area contributed by atoms with Crippen molar-refractivity contribution in [2.45, 2.75) is 12.5 Å². The van der Waals surface area contributed by atoms with Gasteiger partial charge < -0.3 is 0 Å². The third-order valence-corrected chi connectivity index (χ3v) is 3.41. The zero-order valence-corrected chi connectivity index (χ0v) is 11.5. The summed E-state index contributed by atoms with van der Waals surface area (Å²) in [6.07, 6.45) is 2.52. The predicted molar refractivity (Wildman–Crippen MR) is 71.1 cm³/mol. The Balaban J connectivity index is 2.22. The van der Waals surface area contributed by atoms with Gasteiger partial charge in [-0.1, -0.05) is 22.0 Å². The molecule has 0 aliphatic heterocycles. The lowest BCUT2D eigenvalue weighted by molar-refractivity contribution is 0.537. The Morgan fingerprint density at radius 1 is 1.50 bits per heavy atom. The van der Waals surface area contributed by atoms with Crippen LogP contribution in [0.1, 0.15) is 17.3 Å². The van der Waals surface area contributed by atoms with Gasteiger partial charge in [0.15, 0.2) is 0 Å². The Labute approximate surface area is 113 Å². The predicted octanol–water partition coefficient (Wildman–Crippen LogP) is 2.07. The molecule has 3 N–H and O–H groups in total. The van der Waals surface area contributed by atoms with E-state index in [1.807, 2.05) is 19.3 Å². The Morgan fingerprint density at radius 3 is 2.83 bits per heavy atom. The lowest BCUT2D eigenvalue weighted by Gasteiger charge is -2.16. The highest BCUT2D eigenvalue weighted by Gasteiger charge is 2.15. The minimum absolute atomic E-state index is 0.116. The van der Waals surface area contributed by atoms with Gasteiger partial charge in [0.1, 0.15) is 5.82 Å². The molecule has 18 heavy (non-hydrogen) atoms. The van der Waals surface area contributed by atoms with Gasteiger partial charge in [0.2, 0.25) is 0 Å². The Morgan fingerprint density at radius 2 is 2.28 bits per heavy atom. The molecule has 96 valence electrons. The van der Waals surface area contributed by atoms with Crippen LogP contribution < -0.4 is 11.3 Å². The summed E-state index contributed by atoms with van der Waals surface area (Å²) < 4.78 is 15.5. The van der Waals surface area contributed by atoms with E-state index < -0.39 is 0 Å². The third-order valence-electron chi connectivity index (χ3n) is 2.72. The van der Waals surface area contributed by atoms with Crippen molar-refractivity contribution < 1.29 is 4.39 Å². The van der Waals surface area contributed by atoms with Gasteiger partial charge in [-0.15, -0.1) is 0 Å². The summed E-state index contributed by atoms with van der Waals surface area (Å²) in [4.78, 5) is 0. The van der Waals surface area contributed by atoms with Crippen LogP contribution in [0.15, 0.2) is 34.9 Å². The molecule has 0 fully saturated rings. The van der Waals surface area contributed by atoms with Gasteiger partial charge >= 0.3 is 0 Å². The molecule has 0 aliphatic carbocycles. The molecule has 1 unspecified atom stereocenters. The van der Waals surface area contributed by atoms with Gasteiger partial charge in [0.05, 0.1) is 11.7 Å². The SMILES string of the molecule is Cn1ccc(CC(NN)c2ccc(F)cc2Br)n1. The molecule has 0 bridgehead atoms. The number of halogens is 2. The van der Waals surface area contributed by atoms with Crippen LogP contribution in [-0.2, 0) is 13.5 Å². The molecule has 2 rings (SSSR count). The maximum absolute atomic E-state index is 13.0. The Kier molecular flexibility index (Phi) is 4.11. The van der Waals surface area contributed by atoms with E-state index in [9.17, 15) is 4.39 Å². The van der Waals surface area contributed by atoms with E-state index in [4.69, 9.17) is 5.84 Å². The number of nitrogens with zero attached hydrogens (tertiary/aromatic N) is 2. The average molecular weight is 313 g/mol. The van der Waals surface area contributed by atoms with Crippen molar-refractivity contribution in [1.29, 1.82) is 0 Å². The van der Waals surface area contributed by atoms with Crippen molar-refractivity contribution in [3.8, 4) is 0 Å². The Hall–Kier alpha value is -1.24. The molecule has 0 saturated carbocycles. The van der Waals surface area contributed by atoms with Crippen LogP contribution in [0.3, 0.4) is 0 Å². The van der Waals surface area contributed by atoms with Crippen molar-refractivity contribution in [1.82, 2.24) is 15.2 Å². The van der Waals surface area contributed by atoms with E-state index in [-0.39, 0.29) is 11.9 Å². The quantitative estimate of drug-likeness (QED) is 0.671. The summed E-state index contributed by atoms with van der Waals surface area (Å²) in [6, 6.07) is 6.38. The van der Waals surface area contributed by atoms with Crippen LogP contribution in [0.4, 0.5) is 4.39 Å². The molecule has 0 amide bonds. The summed E-state index contributed by atoms with van der Waals surface area (Å²) in [7, 11) is 1.86. The second kappa shape index (κ2) is 5.60. The number of hydrogen-bond donors (Lipinski definition) is 2. The second-order valence-electron chi connectivity index (χ2n) is 4.07. The molecule has 2 aromatic rings. The smallest absolute Gasteiger partial charge is 0.124 e. The lowest BCUT2D eigenvalue weighted by Crippen LogP contribution is -2.30. The number of hydrazine groups is 1. The number of rotatable bonds is 4. The fraction of sp³-hybridized carbons (Fsp3) is 0.250. The number of hydrogen-bond acceptors (Lipinski definition) is 3. The third kappa shape index (κ3) is 2.95. The maximum Gasteiger partial charge on any atom is 0.124 e. The summed E-state index contributed by atoms with van der Waals surface area (Å²) in [5.41, 5.74) is 4.57. The second-order valence-corrected chi connectivity index (χ2v) is 4.92. The molecule has 1 aromatic carbocycles. The number of benzene rings is 1. The zero-order valence-electron chi connectivity index (χ0n) is 9.90. The van der Waals surface area contributed by atoms with Gasteiger partial charge in [0, 0.05) is 24.1 Å². The number of nitrogens with two attached hydrogens (primary N) is 1. The van der Waals surface area contributed by atoms with Crippen LogP contribution in [0, 0.1) is 5.82 Å². The molecule has 1 atom stereocenters. The molecule has 0 aliphatic rings. The molecule has 6 heteroatoms. The van der Waals surface area contributed by atoms with E-state index in [0.29, 0.717) is 10.9 Å². The molecule has 4 nitrogen and oxygen atoms in total. The summed E-state index contributed by atoms with van der Waals surface area (Å²) >= 11 is 3.35. The van der Waals surface area contributed by atoms with Gasteiger partial charge in [-0.05, 0) is 23.8 Å². The first kappa shape index (κ1) is 13.2. The molecule has 1 aromatic heterocycles. The zero-order chi connectivity index (χ0) is 13.1. The molecule has 0 spiro atoms. The fourth-order valence-corrected chi connectivity index (χ4v) is 2.45. The van der Waals surface area contributed by atoms with Gasteiger partial charge in [-0.3, -0.25) is 16.0 Å². The van der Waals surface area contributed by atoms with Crippen molar-refractivity contribution in [3.63, 3.8) is 0 Å². The van der Waals surface area contributed by atoms with Crippen molar-refractivity contribution in [2.75, 3.05) is 0 Å². The van der Waals surface area contributed by atoms with E-state index in [2.05, 4.69) is 26.5 Å². The minimum Gasteiger partial charge on any atom is -0.276 e. The van der Waals surface area contributed by atoms with Gasteiger partial charge in [-0.2, -0.15) is 5.10 Å². The highest BCUT2D eigenvalue weighted by molar-refractivity contribution is 9.10. The lowest BCUT2D eigenvalue weighted by atomic mass is 10.0. The highest BCUT2D eigenvalue weighted by Crippen LogP contribution is 2.26. The number of aryl methyl sites for hydroxylation is 1. The average Bonchev–Trinajstić information content (AvgIpc) is 2.72. The van der Waals surface area contributed by atoms with Crippen LogP contribution in [0.25, 0.3) is 0 Å². The first-order chi connectivity index (χ1) is 8.60. The van der Waals surface area contributed by atoms with Crippen LogP contribution in [0.2, 0.25) is 0 Å². The highest BCUT2D eigenvalue weighted by atomic mass is 79.9. The summed E-state index contributed by atoms with van der Waals surface area (Å²) in [5, 5.41) is 4.30. The van der Waals surface area contributed by atoms with Crippen LogP contribution in [0.5, 0.6) is 0 Å². The molecular weight excluding hydrogens is 299 g/mol. The fourth-order valence-electron chi connectivity index (χ4n) is 1.82. The van der Waals surface area contributed by atoms with Gasteiger partial charge in [-0.25, -0.2) is 4.39 Å². The number of aromatic nitrogens is 2. The van der Waals surface area contributed by atoms with Crippen LogP contribution >= 0.6 is 15.9 Å². The first-order valence-corrected chi connectivity index (χ1v) is 6.29. The van der Waals surface area contributed by atoms with E-state index in [1.54, 1.807) is 10.7 Å².